The van der Waals surface area contributed by atoms with Gasteiger partial charge in [0.1, 0.15) is 0 Å². The van der Waals surface area contributed by atoms with E-state index in [1.165, 1.54) is 45.2 Å². The van der Waals surface area contributed by atoms with Gasteiger partial charge in [0, 0.05) is 38.8 Å². The molecule has 1 aliphatic heterocycles. The largest absolute Gasteiger partial charge is 0.356 e. The van der Waals surface area contributed by atoms with E-state index in [1.807, 2.05) is 7.05 Å². The smallest absolute Gasteiger partial charge is 0.191 e. The van der Waals surface area contributed by atoms with E-state index in [0.717, 1.165) is 18.4 Å². The average Bonchev–Trinajstić information content (AvgIpc) is 3.22. The maximum atomic E-state index is 4.33. The molecule has 0 bridgehead atoms. The van der Waals surface area contributed by atoms with E-state index < -0.39 is 0 Å². The van der Waals surface area contributed by atoms with E-state index in [0.29, 0.717) is 12.1 Å². The Morgan fingerprint density at radius 3 is 2.42 bits per heavy atom. The van der Waals surface area contributed by atoms with Crippen LogP contribution < -0.4 is 10.6 Å². The highest BCUT2D eigenvalue weighted by molar-refractivity contribution is 5.79. The van der Waals surface area contributed by atoms with Gasteiger partial charge in [0.2, 0.25) is 0 Å². The Labute approximate surface area is 118 Å². The number of likely N-dealkylation sites (tertiary alicyclic amines) is 1. The molecule has 2 N–H and O–H groups in total. The number of nitrogens with one attached hydrogen (secondary N) is 2. The summed E-state index contributed by atoms with van der Waals surface area (Å²) in [6, 6.07) is 1.26. The standard InChI is InChI=1S/C15H30N4/c1-12(2)19-10-7-14(8-11-19)18-15(16-3)17-9-6-13-4-5-13/h12-14H,4-11H2,1-3H3,(H2,16,17,18). The summed E-state index contributed by atoms with van der Waals surface area (Å²) in [5, 5.41) is 7.02. The van der Waals surface area contributed by atoms with Crippen molar-refractivity contribution in [3.05, 3.63) is 0 Å². The highest BCUT2D eigenvalue weighted by Gasteiger charge is 2.22. The first-order chi connectivity index (χ1) is 9.19. The van der Waals surface area contributed by atoms with Gasteiger partial charge in [-0.25, -0.2) is 0 Å². The second kappa shape index (κ2) is 7.13. The van der Waals surface area contributed by atoms with Crippen LogP contribution in [-0.2, 0) is 0 Å². The topological polar surface area (TPSA) is 39.7 Å². The third-order valence-corrected chi connectivity index (χ3v) is 4.37. The van der Waals surface area contributed by atoms with Gasteiger partial charge in [-0.2, -0.15) is 0 Å². The molecule has 110 valence electrons. The zero-order valence-electron chi connectivity index (χ0n) is 12.8. The summed E-state index contributed by atoms with van der Waals surface area (Å²) >= 11 is 0. The summed E-state index contributed by atoms with van der Waals surface area (Å²) < 4.78 is 0. The maximum Gasteiger partial charge on any atom is 0.191 e. The van der Waals surface area contributed by atoms with Gasteiger partial charge >= 0.3 is 0 Å². The Hall–Kier alpha value is -0.770. The lowest BCUT2D eigenvalue weighted by molar-refractivity contribution is 0.167. The minimum absolute atomic E-state index is 0.585. The normalized spacial score (nSPS) is 22.8. The van der Waals surface area contributed by atoms with Gasteiger partial charge in [-0.05, 0) is 39.0 Å². The fraction of sp³-hybridized carbons (Fsp3) is 0.933. The van der Waals surface area contributed by atoms with Crippen molar-refractivity contribution in [2.75, 3.05) is 26.7 Å². The van der Waals surface area contributed by atoms with Crippen molar-refractivity contribution < 1.29 is 0 Å². The van der Waals surface area contributed by atoms with Gasteiger partial charge in [0.25, 0.3) is 0 Å². The lowest BCUT2D eigenvalue weighted by Gasteiger charge is -2.35. The van der Waals surface area contributed by atoms with Gasteiger partial charge < -0.3 is 15.5 Å². The van der Waals surface area contributed by atoms with Crippen molar-refractivity contribution in [2.45, 2.75) is 58.0 Å². The molecule has 0 spiro atoms. The number of aliphatic imine (C=N–C) groups is 1. The number of rotatable bonds is 5. The molecule has 0 unspecified atom stereocenters. The van der Waals surface area contributed by atoms with Crippen molar-refractivity contribution in [3.63, 3.8) is 0 Å². The molecule has 0 aromatic rings. The molecule has 0 amide bonds. The molecule has 0 atom stereocenters. The number of hydrogen-bond acceptors (Lipinski definition) is 2. The molecule has 0 aromatic carbocycles. The third-order valence-electron chi connectivity index (χ3n) is 4.37. The Balaban J connectivity index is 1.64. The van der Waals surface area contributed by atoms with E-state index in [9.17, 15) is 0 Å². The lowest BCUT2D eigenvalue weighted by atomic mass is 10.0. The summed E-state index contributed by atoms with van der Waals surface area (Å²) in [5.41, 5.74) is 0. The van der Waals surface area contributed by atoms with Gasteiger partial charge in [0.05, 0.1) is 0 Å². The van der Waals surface area contributed by atoms with Gasteiger partial charge in [-0.3, -0.25) is 4.99 Å². The summed E-state index contributed by atoms with van der Waals surface area (Å²) in [4.78, 5) is 6.89. The number of piperidine rings is 1. The highest BCUT2D eigenvalue weighted by Crippen LogP contribution is 2.31. The first-order valence-corrected chi connectivity index (χ1v) is 7.90. The summed E-state index contributed by atoms with van der Waals surface area (Å²) in [7, 11) is 1.87. The molecule has 0 radical (unpaired) electrons. The predicted octanol–water partition coefficient (Wildman–Crippen LogP) is 1.82. The summed E-state index contributed by atoms with van der Waals surface area (Å²) in [6.07, 6.45) is 6.61. The fourth-order valence-electron chi connectivity index (χ4n) is 2.75. The monoisotopic (exact) mass is 266 g/mol. The zero-order valence-corrected chi connectivity index (χ0v) is 12.8. The zero-order chi connectivity index (χ0) is 13.7. The number of guanidine groups is 1. The van der Waals surface area contributed by atoms with Gasteiger partial charge in [0.15, 0.2) is 5.96 Å². The van der Waals surface area contributed by atoms with Crippen molar-refractivity contribution in [3.8, 4) is 0 Å². The third kappa shape index (κ3) is 5.01. The first-order valence-electron chi connectivity index (χ1n) is 7.90. The van der Waals surface area contributed by atoms with Gasteiger partial charge in [-0.15, -0.1) is 0 Å². The highest BCUT2D eigenvalue weighted by atomic mass is 15.2. The van der Waals surface area contributed by atoms with E-state index in [1.54, 1.807) is 0 Å². The fourth-order valence-corrected chi connectivity index (χ4v) is 2.75. The van der Waals surface area contributed by atoms with Crippen LogP contribution in [0.3, 0.4) is 0 Å². The van der Waals surface area contributed by atoms with Crippen LogP contribution in [0.5, 0.6) is 0 Å². The molecule has 19 heavy (non-hydrogen) atoms. The average molecular weight is 266 g/mol. The van der Waals surface area contributed by atoms with Crippen LogP contribution in [0.25, 0.3) is 0 Å². The van der Waals surface area contributed by atoms with Crippen molar-refractivity contribution in [1.82, 2.24) is 15.5 Å². The molecule has 1 aliphatic carbocycles. The van der Waals surface area contributed by atoms with Crippen LogP contribution in [0.2, 0.25) is 0 Å². The SMILES string of the molecule is CN=C(NCCC1CC1)NC1CCN(C(C)C)CC1. The van der Waals surface area contributed by atoms with Crippen LogP contribution in [0.1, 0.15) is 46.0 Å². The molecule has 1 saturated carbocycles. The molecular formula is C15H30N4. The molecule has 2 rings (SSSR count). The van der Waals surface area contributed by atoms with Crippen molar-refractivity contribution in [2.24, 2.45) is 10.9 Å². The van der Waals surface area contributed by atoms with E-state index in [2.05, 4.69) is 34.4 Å². The van der Waals surface area contributed by atoms with Crippen LogP contribution in [0.15, 0.2) is 4.99 Å². The summed E-state index contributed by atoms with van der Waals surface area (Å²) in [5.74, 6) is 1.98. The van der Waals surface area contributed by atoms with Crippen molar-refractivity contribution in [1.29, 1.82) is 0 Å². The molecule has 4 heteroatoms. The second-order valence-electron chi connectivity index (χ2n) is 6.28. The maximum absolute atomic E-state index is 4.33. The Morgan fingerprint density at radius 2 is 1.89 bits per heavy atom. The van der Waals surface area contributed by atoms with E-state index in [-0.39, 0.29) is 0 Å². The number of nitrogens with zero attached hydrogens (tertiary/aromatic N) is 2. The minimum Gasteiger partial charge on any atom is -0.356 e. The van der Waals surface area contributed by atoms with E-state index in [4.69, 9.17) is 0 Å². The van der Waals surface area contributed by atoms with Gasteiger partial charge in [-0.1, -0.05) is 12.8 Å². The molecule has 1 heterocycles. The molecule has 2 fully saturated rings. The van der Waals surface area contributed by atoms with Crippen LogP contribution in [0, 0.1) is 5.92 Å². The first kappa shape index (κ1) is 14.6. The minimum atomic E-state index is 0.585. The quantitative estimate of drug-likeness (QED) is 0.589. The number of hydrogen-bond donors (Lipinski definition) is 2. The summed E-state index contributed by atoms with van der Waals surface area (Å²) in [6.45, 7) is 8.04. The molecule has 0 aromatic heterocycles. The van der Waals surface area contributed by atoms with E-state index >= 15 is 0 Å². The molecule has 1 saturated heterocycles. The molecular weight excluding hydrogens is 236 g/mol. The predicted molar refractivity (Wildman–Crippen MR) is 81.6 cm³/mol. The molecule has 4 nitrogen and oxygen atoms in total. The van der Waals surface area contributed by atoms with Crippen molar-refractivity contribution >= 4 is 5.96 Å². The van der Waals surface area contributed by atoms with Crippen LogP contribution in [-0.4, -0.2) is 49.6 Å². The Bertz CT molecular complexity index is 289. The Morgan fingerprint density at radius 1 is 1.21 bits per heavy atom. The Kier molecular flexibility index (Phi) is 5.49. The molecule has 2 aliphatic rings. The lowest BCUT2D eigenvalue weighted by Crippen LogP contribution is -2.50. The second-order valence-corrected chi connectivity index (χ2v) is 6.28. The van der Waals surface area contributed by atoms with Crippen LogP contribution >= 0.6 is 0 Å². The van der Waals surface area contributed by atoms with Crippen LogP contribution in [0.4, 0.5) is 0 Å².